The minimum atomic E-state index is 0.770. The van der Waals surface area contributed by atoms with Crippen LogP contribution in [0.4, 0.5) is 5.69 Å². The van der Waals surface area contributed by atoms with Crippen molar-refractivity contribution in [1.82, 2.24) is 15.1 Å². The van der Waals surface area contributed by atoms with E-state index >= 15 is 0 Å². The van der Waals surface area contributed by atoms with E-state index in [9.17, 15) is 0 Å². The molecule has 0 aliphatic carbocycles. The molecule has 0 atom stereocenters. The Hall–Kier alpha value is -3.19. The number of benzene rings is 2. The standard InChI is InChI=1S/C26H35N5O2/c1-27-26(28-19-21-6-8-23(9-7-21)30-12-4-5-13-30)31-16-14-29(15-17-31)20-22-18-24(32-2)10-11-25(22)33-3/h4-11,18H,12-17,19-20H2,1-3H3,(H,27,28). The van der Waals surface area contributed by atoms with Gasteiger partial charge in [0, 0.05) is 70.7 Å². The molecule has 1 saturated heterocycles. The molecular formula is C26H35N5O2. The number of hydrogen-bond acceptors (Lipinski definition) is 5. The van der Waals surface area contributed by atoms with E-state index in [4.69, 9.17) is 9.47 Å². The maximum absolute atomic E-state index is 5.55. The molecule has 0 unspecified atom stereocenters. The summed E-state index contributed by atoms with van der Waals surface area (Å²) < 4.78 is 10.9. The van der Waals surface area contributed by atoms with Crippen molar-refractivity contribution in [1.29, 1.82) is 0 Å². The molecule has 0 aromatic heterocycles. The van der Waals surface area contributed by atoms with E-state index in [1.807, 2.05) is 19.2 Å². The average Bonchev–Trinajstić information content (AvgIpc) is 3.41. The molecule has 2 aromatic carbocycles. The first-order valence-electron chi connectivity index (χ1n) is 11.6. The van der Waals surface area contributed by atoms with Crippen LogP contribution in [0.3, 0.4) is 0 Å². The summed E-state index contributed by atoms with van der Waals surface area (Å²) in [6, 6.07) is 14.8. The summed E-state index contributed by atoms with van der Waals surface area (Å²) in [4.78, 5) is 11.7. The number of piperazine rings is 1. The Kier molecular flexibility index (Phi) is 7.73. The van der Waals surface area contributed by atoms with Crippen molar-refractivity contribution >= 4 is 11.6 Å². The Morgan fingerprint density at radius 2 is 1.67 bits per heavy atom. The number of nitrogens with zero attached hydrogens (tertiary/aromatic N) is 4. The van der Waals surface area contributed by atoms with E-state index in [2.05, 4.69) is 67.5 Å². The summed E-state index contributed by atoms with van der Waals surface area (Å²) in [5.41, 5.74) is 3.69. The highest BCUT2D eigenvalue weighted by atomic mass is 16.5. The zero-order valence-electron chi connectivity index (χ0n) is 20.0. The van der Waals surface area contributed by atoms with Crippen LogP contribution in [0, 0.1) is 0 Å². The predicted molar refractivity (Wildman–Crippen MR) is 134 cm³/mol. The molecule has 176 valence electrons. The minimum absolute atomic E-state index is 0.770. The molecule has 33 heavy (non-hydrogen) atoms. The van der Waals surface area contributed by atoms with Crippen molar-refractivity contribution in [2.45, 2.75) is 13.1 Å². The number of aliphatic imine (C=N–C) groups is 1. The van der Waals surface area contributed by atoms with E-state index in [0.29, 0.717) is 0 Å². The zero-order chi connectivity index (χ0) is 23.0. The van der Waals surface area contributed by atoms with Crippen molar-refractivity contribution in [2.75, 3.05) is 65.4 Å². The summed E-state index contributed by atoms with van der Waals surface area (Å²) in [5, 5.41) is 3.54. The summed E-state index contributed by atoms with van der Waals surface area (Å²) >= 11 is 0. The molecule has 4 rings (SSSR count). The maximum Gasteiger partial charge on any atom is 0.194 e. The van der Waals surface area contributed by atoms with Gasteiger partial charge in [0.15, 0.2) is 5.96 Å². The van der Waals surface area contributed by atoms with Crippen molar-refractivity contribution in [3.8, 4) is 11.5 Å². The van der Waals surface area contributed by atoms with Gasteiger partial charge in [-0.1, -0.05) is 24.3 Å². The molecule has 7 nitrogen and oxygen atoms in total. The quantitative estimate of drug-likeness (QED) is 0.399. The van der Waals surface area contributed by atoms with Crippen LogP contribution in [0.25, 0.3) is 0 Å². The van der Waals surface area contributed by atoms with Crippen molar-refractivity contribution in [3.63, 3.8) is 0 Å². The van der Waals surface area contributed by atoms with Gasteiger partial charge in [0.25, 0.3) is 0 Å². The Balaban J connectivity index is 1.27. The van der Waals surface area contributed by atoms with E-state index in [1.165, 1.54) is 11.3 Å². The number of anilines is 1. The van der Waals surface area contributed by atoms with Crippen LogP contribution in [-0.2, 0) is 13.1 Å². The van der Waals surface area contributed by atoms with Crippen LogP contribution in [0.15, 0.2) is 59.6 Å². The maximum atomic E-state index is 5.55. The fourth-order valence-corrected chi connectivity index (χ4v) is 4.39. The van der Waals surface area contributed by atoms with Gasteiger partial charge >= 0.3 is 0 Å². The van der Waals surface area contributed by atoms with Crippen molar-refractivity contribution < 1.29 is 9.47 Å². The molecule has 1 fully saturated rings. The van der Waals surface area contributed by atoms with Gasteiger partial charge in [0.2, 0.25) is 0 Å². The third kappa shape index (κ3) is 5.79. The van der Waals surface area contributed by atoms with Gasteiger partial charge in [-0.2, -0.15) is 0 Å². The lowest BCUT2D eigenvalue weighted by Crippen LogP contribution is -2.52. The minimum Gasteiger partial charge on any atom is -0.497 e. The van der Waals surface area contributed by atoms with Gasteiger partial charge in [-0.15, -0.1) is 0 Å². The Morgan fingerprint density at radius 1 is 0.939 bits per heavy atom. The molecule has 0 saturated carbocycles. The highest BCUT2D eigenvalue weighted by Gasteiger charge is 2.21. The van der Waals surface area contributed by atoms with E-state index in [-0.39, 0.29) is 0 Å². The van der Waals surface area contributed by atoms with E-state index in [1.54, 1.807) is 14.2 Å². The van der Waals surface area contributed by atoms with Gasteiger partial charge in [0.1, 0.15) is 11.5 Å². The van der Waals surface area contributed by atoms with Crippen LogP contribution in [0.1, 0.15) is 11.1 Å². The average molecular weight is 450 g/mol. The largest absolute Gasteiger partial charge is 0.497 e. The predicted octanol–water partition coefficient (Wildman–Crippen LogP) is 2.97. The lowest BCUT2D eigenvalue weighted by atomic mass is 10.1. The smallest absolute Gasteiger partial charge is 0.194 e. The Bertz CT molecular complexity index is 957. The first-order chi connectivity index (χ1) is 16.2. The summed E-state index contributed by atoms with van der Waals surface area (Å²) in [5.74, 6) is 2.73. The van der Waals surface area contributed by atoms with Gasteiger partial charge < -0.3 is 24.6 Å². The highest BCUT2D eigenvalue weighted by molar-refractivity contribution is 5.80. The third-order valence-electron chi connectivity index (χ3n) is 6.34. The van der Waals surface area contributed by atoms with Crippen LogP contribution in [0.2, 0.25) is 0 Å². The van der Waals surface area contributed by atoms with Gasteiger partial charge in [-0.3, -0.25) is 9.89 Å². The molecule has 2 aliphatic rings. The fourth-order valence-electron chi connectivity index (χ4n) is 4.39. The lowest BCUT2D eigenvalue weighted by molar-refractivity contribution is 0.171. The number of ether oxygens (including phenoxy) is 2. The number of rotatable bonds is 7. The van der Waals surface area contributed by atoms with Crippen LogP contribution in [0.5, 0.6) is 11.5 Å². The SMILES string of the molecule is CN=C(NCc1ccc(N2CC=CC2)cc1)N1CCN(Cc2cc(OC)ccc2OC)CC1. The Labute approximate surface area is 197 Å². The van der Waals surface area contributed by atoms with Crippen LogP contribution < -0.4 is 19.7 Å². The van der Waals surface area contributed by atoms with Crippen molar-refractivity contribution in [2.24, 2.45) is 4.99 Å². The molecule has 0 bridgehead atoms. The molecule has 2 heterocycles. The highest BCUT2D eigenvalue weighted by Crippen LogP contribution is 2.25. The first-order valence-corrected chi connectivity index (χ1v) is 11.6. The Morgan fingerprint density at radius 3 is 2.30 bits per heavy atom. The molecule has 0 radical (unpaired) electrons. The fraction of sp³-hybridized carbons (Fsp3) is 0.423. The normalized spacial score (nSPS) is 16.9. The summed E-state index contributed by atoms with van der Waals surface area (Å²) in [7, 11) is 5.28. The van der Waals surface area contributed by atoms with Crippen LogP contribution >= 0.6 is 0 Å². The molecular weight excluding hydrogens is 414 g/mol. The second kappa shape index (κ2) is 11.1. The van der Waals surface area contributed by atoms with E-state index in [0.717, 1.165) is 75.4 Å². The first kappa shape index (κ1) is 23.0. The topological polar surface area (TPSA) is 52.6 Å². The summed E-state index contributed by atoms with van der Waals surface area (Å²) in [6.07, 6.45) is 4.43. The number of methoxy groups -OCH3 is 2. The monoisotopic (exact) mass is 449 g/mol. The molecule has 0 spiro atoms. The number of hydrogen-bond donors (Lipinski definition) is 1. The van der Waals surface area contributed by atoms with Gasteiger partial charge in [-0.05, 0) is 35.9 Å². The molecule has 2 aliphatic heterocycles. The molecule has 1 N–H and O–H groups in total. The lowest BCUT2D eigenvalue weighted by Gasteiger charge is -2.36. The molecule has 2 aromatic rings. The second-order valence-corrected chi connectivity index (χ2v) is 8.38. The molecule has 7 heteroatoms. The molecule has 0 amide bonds. The van der Waals surface area contributed by atoms with Gasteiger partial charge in [-0.25, -0.2) is 0 Å². The third-order valence-corrected chi connectivity index (χ3v) is 6.34. The zero-order valence-corrected chi connectivity index (χ0v) is 20.0. The summed E-state index contributed by atoms with van der Waals surface area (Å²) in [6.45, 7) is 7.44. The van der Waals surface area contributed by atoms with E-state index < -0.39 is 0 Å². The van der Waals surface area contributed by atoms with Crippen LogP contribution in [-0.4, -0.2) is 76.3 Å². The second-order valence-electron chi connectivity index (χ2n) is 8.38. The number of guanidine groups is 1. The van der Waals surface area contributed by atoms with Gasteiger partial charge in [0.05, 0.1) is 14.2 Å². The number of nitrogens with one attached hydrogen (secondary N) is 1. The van der Waals surface area contributed by atoms with Crippen molar-refractivity contribution in [3.05, 3.63) is 65.7 Å².